The monoisotopic (exact) mass is 180 g/mol. The average molecular weight is 180 g/mol. The van der Waals surface area contributed by atoms with Gasteiger partial charge in [-0.15, -0.1) is 10.2 Å². The zero-order chi connectivity index (χ0) is 7.56. The molecule has 0 atom stereocenters. The number of rotatable bonds is 2. The number of aromatic nitrogens is 4. The number of carboxylic acid groups (broad SMARTS) is 1. The minimum Gasteiger partial charge on any atom is -0.550 e. The van der Waals surface area contributed by atoms with Gasteiger partial charge in [0.05, 0.1) is 13.5 Å². The van der Waals surface area contributed by atoms with Gasteiger partial charge in [-0.2, -0.15) is 4.80 Å². The van der Waals surface area contributed by atoms with Gasteiger partial charge >= 0.3 is 51.4 Å². The van der Waals surface area contributed by atoms with Crippen LogP contribution < -0.4 is 56.5 Å². The second kappa shape index (κ2) is 4.94. The van der Waals surface area contributed by atoms with Gasteiger partial charge in [0.2, 0.25) is 0 Å². The van der Waals surface area contributed by atoms with Gasteiger partial charge in [-0.05, 0) is 5.21 Å². The molecule has 0 amide bonds. The SMILES string of the molecule is Cn1nnc(CC(=O)[O-])n1.[K+]. The Labute approximate surface area is 105 Å². The van der Waals surface area contributed by atoms with Crippen molar-refractivity contribution in [2.24, 2.45) is 7.05 Å². The molecule has 1 aromatic heterocycles. The fraction of sp³-hybridized carbons (Fsp3) is 0.500. The number of tetrazole rings is 1. The molecule has 0 radical (unpaired) electrons. The first-order valence-corrected chi connectivity index (χ1v) is 2.61. The molecule has 0 aliphatic heterocycles. The quantitative estimate of drug-likeness (QED) is 0.424. The summed E-state index contributed by atoms with van der Waals surface area (Å²) in [5.74, 6) is -1.03. The summed E-state index contributed by atoms with van der Waals surface area (Å²) in [5.41, 5.74) is 0. The van der Waals surface area contributed by atoms with Crippen molar-refractivity contribution in [3.63, 3.8) is 0 Å². The van der Waals surface area contributed by atoms with Gasteiger partial charge in [-0.1, -0.05) is 0 Å². The van der Waals surface area contributed by atoms with Crippen LogP contribution in [0.3, 0.4) is 0 Å². The summed E-state index contributed by atoms with van der Waals surface area (Å²) in [7, 11) is 1.56. The summed E-state index contributed by atoms with van der Waals surface area (Å²) < 4.78 is 0. The van der Waals surface area contributed by atoms with Crippen LogP contribution in [0.5, 0.6) is 0 Å². The Morgan fingerprint density at radius 3 is 2.73 bits per heavy atom. The van der Waals surface area contributed by atoms with Crippen molar-refractivity contribution in [2.75, 3.05) is 0 Å². The van der Waals surface area contributed by atoms with Crippen molar-refractivity contribution in [3.8, 4) is 0 Å². The molecule has 0 saturated carbocycles. The molecule has 0 aromatic carbocycles. The van der Waals surface area contributed by atoms with E-state index in [4.69, 9.17) is 0 Å². The second-order valence-electron chi connectivity index (χ2n) is 1.74. The Balaban J connectivity index is 0.000001000. The van der Waals surface area contributed by atoms with Gasteiger partial charge in [0.25, 0.3) is 0 Å². The number of aryl methyl sites for hydroxylation is 1. The fourth-order valence-electron chi connectivity index (χ4n) is 0.523. The van der Waals surface area contributed by atoms with Crippen LogP contribution in [0, 0.1) is 0 Å². The molecule has 7 heteroatoms. The Morgan fingerprint density at radius 2 is 2.36 bits per heavy atom. The van der Waals surface area contributed by atoms with Gasteiger partial charge < -0.3 is 9.90 Å². The van der Waals surface area contributed by atoms with E-state index in [-0.39, 0.29) is 63.6 Å². The van der Waals surface area contributed by atoms with E-state index in [2.05, 4.69) is 15.4 Å². The average Bonchev–Trinajstić information content (AvgIpc) is 2.13. The summed E-state index contributed by atoms with van der Waals surface area (Å²) in [4.78, 5) is 11.1. The van der Waals surface area contributed by atoms with E-state index >= 15 is 0 Å². The van der Waals surface area contributed by atoms with Crippen LogP contribution in [0.2, 0.25) is 0 Å². The first kappa shape index (κ1) is 11.2. The maximum Gasteiger partial charge on any atom is 1.00 e. The molecule has 0 N–H and O–H groups in total. The number of carboxylic acids is 1. The van der Waals surface area contributed by atoms with Crippen molar-refractivity contribution >= 4 is 5.97 Å². The summed E-state index contributed by atoms with van der Waals surface area (Å²) in [6.07, 6.45) is -0.284. The molecular weight excluding hydrogens is 175 g/mol. The van der Waals surface area contributed by atoms with Crippen LogP contribution in [0.25, 0.3) is 0 Å². The predicted octanol–water partition coefficient (Wildman–Crippen LogP) is -5.49. The standard InChI is InChI=1S/C4H6N4O2.K/c1-8-6-3(5-7-8)2-4(9)10;/h2H2,1H3,(H,9,10);/q;+1/p-1. The maximum atomic E-state index is 9.95. The van der Waals surface area contributed by atoms with E-state index in [0.717, 1.165) is 0 Å². The Bertz CT molecular complexity index is 248. The summed E-state index contributed by atoms with van der Waals surface area (Å²) in [6.45, 7) is 0. The molecule has 11 heavy (non-hydrogen) atoms. The van der Waals surface area contributed by atoms with E-state index < -0.39 is 5.97 Å². The first-order chi connectivity index (χ1) is 4.68. The number of nitrogens with zero attached hydrogens (tertiary/aromatic N) is 4. The number of carbonyl (C=O) groups excluding carboxylic acids is 1. The molecule has 0 spiro atoms. The number of hydrogen-bond acceptors (Lipinski definition) is 5. The van der Waals surface area contributed by atoms with Gasteiger partial charge in [-0.3, -0.25) is 0 Å². The van der Waals surface area contributed by atoms with Crippen LogP contribution in [-0.2, 0) is 18.3 Å². The predicted molar refractivity (Wildman–Crippen MR) is 27.5 cm³/mol. The Morgan fingerprint density at radius 1 is 1.73 bits per heavy atom. The third-order valence-corrected chi connectivity index (χ3v) is 0.852. The minimum atomic E-state index is -1.20. The van der Waals surface area contributed by atoms with Crippen molar-refractivity contribution in [2.45, 2.75) is 6.42 Å². The van der Waals surface area contributed by atoms with Crippen molar-refractivity contribution in [1.82, 2.24) is 20.2 Å². The van der Waals surface area contributed by atoms with E-state index in [1.165, 1.54) is 4.80 Å². The molecular formula is C4H5KN4O2. The molecule has 0 saturated heterocycles. The normalized spacial score (nSPS) is 8.82. The summed E-state index contributed by atoms with van der Waals surface area (Å²) >= 11 is 0. The van der Waals surface area contributed by atoms with Gasteiger partial charge in [0, 0.05) is 5.97 Å². The summed E-state index contributed by atoms with van der Waals surface area (Å²) in [5, 5.41) is 20.4. The zero-order valence-corrected chi connectivity index (χ0v) is 9.44. The van der Waals surface area contributed by atoms with Gasteiger partial charge in [0.1, 0.15) is 0 Å². The van der Waals surface area contributed by atoms with Crippen LogP contribution in [-0.4, -0.2) is 26.2 Å². The summed E-state index contributed by atoms with van der Waals surface area (Å²) in [6, 6.07) is 0. The Kier molecular flexibility index (Phi) is 5.01. The number of aliphatic carboxylic acids is 1. The van der Waals surface area contributed by atoms with Crippen molar-refractivity contribution in [3.05, 3.63) is 5.82 Å². The van der Waals surface area contributed by atoms with Crippen LogP contribution >= 0.6 is 0 Å². The number of hydrogen-bond donors (Lipinski definition) is 0. The van der Waals surface area contributed by atoms with Crippen LogP contribution in [0.15, 0.2) is 0 Å². The second-order valence-corrected chi connectivity index (χ2v) is 1.74. The van der Waals surface area contributed by atoms with E-state index in [1.807, 2.05) is 0 Å². The molecule has 6 nitrogen and oxygen atoms in total. The zero-order valence-electron chi connectivity index (χ0n) is 6.31. The first-order valence-electron chi connectivity index (χ1n) is 2.61. The maximum absolute atomic E-state index is 9.95. The topological polar surface area (TPSA) is 83.7 Å². The van der Waals surface area contributed by atoms with Gasteiger partial charge in [0.15, 0.2) is 5.82 Å². The van der Waals surface area contributed by atoms with Crippen molar-refractivity contribution < 1.29 is 61.3 Å². The van der Waals surface area contributed by atoms with Crippen LogP contribution in [0.4, 0.5) is 0 Å². The molecule has 54 valence electrons. The third kappa shape index (κ3) is 3.92. The third-order valence-electron chi connectivity index (χ3n) is 0.852. The fourth-order valence-corrected chi connectivity index (χ4v) is 0.523. The van der Waals surface area contributed by atoms with E-state index in [1.54, 1.807) is 7.05 Å². The van der Waals surface area contributed by atoms with Gasteiger partial charge in [-0.25, -0.2) is 0 Å². The molecule has 0 fully saturated rings. The molecule has 0 unspecified atom stereocenters. The van der Waals surface area contributed by atoms with Crippen molar-refractivity contribution in [1.29, 1.82) is 0 Å². The van der Waals surface area contributed by atoms with E-state index in [0.29, 0.717) is 0 Å². The molecule has 1 rings (SSSR count). The van der Waals surface area contributed by atoms with Crippen LogP contribution in [0.1, 0.15) is 5.82 Å². The Hall–Kier alpha value is 0.176. The minimum absolute atomic E-state index is 0. The van der Waals surface area contributed by atoms with E-state index in [9.17, 15) is 9.90 Å². The number of carbonyl (C=O) groups is 1. The largest absolute Gasteiger partial charge is 1.00 e. The molecule has 1 heterocycles. The molecule has 0 aliphatic rings. The molecule has 0 bridgehead atoms. The molecule has 0 aliphatic carbocycles. The molecule has 1 aromatic rings. The smallest absolute Gasteiger partial charge is 0.550 e.